The molecule has 116 valence electrons. The predicted molar refractivity (Wildman–Crippen MR) is 88.1 cm³/mol. The maximum atomic E-state index is 11.5. The second-order valence-corrected chi connectivity index (χ2v) is 5.00. The quantitative estimate of drug-likeness (QED) is 0.373. The number of ether oxygens (including phenoxy) is 1. The molecule has 3 nitrogen and oxygen atoms in total. The minimum atomic E-state index is -0.261. The Morgan fingerprint density at radius 3 is 2.48 bits per heavy atom. The fourth-order valence-electron chi connectivity index (χ4n) is 2.10. The van der Waals surface area contributed by atoms with Gasteiger partial charge in [0.15, 0.2) is 0 Å². The highest BCUT2D eigenvalue weighted by molar-refractivity contribution is 5.86. The van der Waals surface area contributed by atoms with Gasteiger partial charge in [-0.3, -0.25) is 0 Å². The van der Waals surface area contributed by atoms with Crippen LogP contribution in [0, 0.1) is 0 Å². The van der Waals surface area contributed by atoms with Crippen LogP contribution in [0.25, 0.3) is 6.08 Å². The zero-order chi connectivity index (χ0) is 15.3. The van der Waals surface area contributed by atoms with Crippen molar-refractivity contribution in [2.24, 2.45) is 0 Å². The highest BCUT2D eigenvalue weighted by atomic mass is 16.5. The average molecular weight is 289 g/mol. The Labute approximate surface area is 128 Å². The number of rotatable bonds is 10. The molecule has 0 bridgehead atoms. The lowest BCUT2D eigenvalue weighted by molar-refractivity contribution is -0.137. The van der Waals surface area contributed by atoms with Gasteiger partial charge < -0.3 is 9.64 Å². The van der Waals surface area contributed by atoms with E-state index in [1.54, 1.807) is 6.08 Å². The highest BCUT2D eigenvalue weighted by Crippen LogP contribution is 2.02. The molecule has 0 aliphatic heterocycles. The van der Waals surface area contributed by atoms with Gasteiger partial charge in [0.25, 0.3) is 0 Å². The van der Waals surface area contributed by atoms with E-state index in [9.17, 15) is 4.79 Å². The van der Waals surface area contributed by atoms with Crippen molar-refractivity contribution < 1.29 is 9.53 Å². The van der Waals surface area contributed by atoms with Gasteiger partial charge in [0.2, 0.25) is 0 Å². The maximum absolute atomic E-state index is 11.5. The number of hydrogen-bond donors (Lipinski definition) is 0. The molecule has 0 aliphatic rings. The summed E-state index contributed by atoms with van der Waals surface area (Å²) in [6.45, 7) is 8.23. The lowest BCUT2D eigenvalue weighted by atomic mass is 10.2. The summed E-state index contributed by atoms with van der Waals surface area (Å²) >= 11 is 0. The first-order chi connectivity index (χ1) is 10.3. The van der Waals surface area contributed by atoms with E-state index in [-0.39, 0.29) is 5.97 Å². The second kappa shape index (κ2) is 11.1. The first-order valence-electron chi connectivity index (χ1n) is 7.88. The Hall–Kier alpha value is -1.61. The van der Waals surface area contributed by atoms with E-state index in [1.165, 1.54) is 12.5 Å². The SMILES string of the molecule is CCN(CC)CCCCCOC(=O)/C=C/c1ccccc1. The Kier molecular flexibility index (Phi) is 9.21. The van der Waals surface area contributed by atoms with Crippen LogP contribution in [0.2, 0.25) is 0 Å². The van der Waals surface area contributed by atoms with Crippen molar-refractivity contribution >= 4 is 12.0 Å². The molecule has 0 atom stereocenters. The van der Waals surface area contributed by atoms with Crippen LogP contribution in [0.5, 0.6) is 0 Å². The molecule has 3 heteroatoms. The third kappa shape index (κ3) is 8.30. The van der Waals surface area contributed by atoms with Crippen LogP contribution in [-0.2, 0) is 9.53 Å². The molecule has 0 saturated carbocycles. The van der Waals surface area contributed by atoms with E-state index in [0.29, 0.717) is 6.61 Å². The zero-order valence-corrected chi connectivity index (χ0v) is 13.3. The molecule has 0 aromatic heterocycles. The number of esters is 1. The van der Waals surface area contributed by atoms with E-state index in [0.717, 1.165) is 38.0 Å². The summed E-state index contributed by atoms with van der Waals surface area (Å²) in [5, 5.41) is 0. The van der Waals surface area contributed by atoms with Crippen molar-refractivity contribution in [2.45, 2.75) is 33.1 Å². The standard InChI is InChI=1S/C18H27NO2/c1-3-19(4-2)15-9-6-10-16-21-18(20)14-13-17-11-7-5-8-12-17/h5,7-8,11-14H,3-4,6,9-10,15-16H2,1-2H3/b14-13+. The Morgan fingerprint density at radius 1 is 1.10 bits per heavy atom. The lowest BCUT2D eigenvalue weighted by Crippen LogP contribution is -2.23. The van der Waals surface area contributed by atoms with E-state index >= 15 is 0 Å². The van der Waals surface area contributed by atoms with Gasteiger partial charge in [-0.2, -0.15) is 0 Å². The summed E-state index contributed by atoms with van der Waals surface area (Å²) < 4.78 is 5.18. The topological polar surface area (TPSA) is 29.5 Å². The minimum Gasteiger partial charge on any atom is -0.463 e. The van der Waals surface area contributed by atoms with Crippen molar-refractivity contribution in [1.29, 1.82) is 0 Å². The minimum absolute atomic E-state index is 0.261. The summed E-state index contributed by atoms with van der Waals surface area (Å²) in [5.74, 6) is -0.261. The van der Waals surface area contributed by atoms with Crippen molar-refractivity contribution in [2.75, 3.05) is 26.2 Å². The predicted octanol–water partition coefficient (Wildman–Crippen LogP) is 3.76. The van der Waals surface area contributed by atoms with Gasteiger partial charge in [0.1, 0.15) is 0 Å². The van der Waals surface area contributed by atoms with Gasteiger partial charge in [-0.15, -0.1) is 0 Å². The van der Waals surface area contributed by atoms with E-state index in [1.807, 2.05) is 30.3 Å². The van der Waals surface area contributed by atoms with Crippen LogP contribution in [-0.4, -0.2) is 37.1 Å². The molecule has 0 aliphatic carbocycles. The summed E-state index contributed by atoms with van der Waals surface area (Å²) in [6.07, 6.45) is 6.48. The monoisotopic (exact) mass is 289 g/mol. The normalized spacial score (nSPS) is 11.2. The molecule has 0 saturated heterocycles. The molecular formula is C18H27NO2. The van der Waals surface area contributed by atoms with Crippen molar-refractivity contribution in [1.82, 2.24) is 4.90 Å². The fourth-order valence-corrected chi connectivity index (χ4v) is 2.10. The lowest BCUT2D eigenvalue weighted by Gasteiger charge is -2.17. The number of hydrogen-bond acceptors (Lipinski definition) is 3. The average Bonchev–Trinajstić information content (AvgIpc) is 2.53. The molecule has 0 N–H and O–H groups in total. The molecule has 1 aromatic rings. The zero-order valence-electron chi connectivity index (χ0n) is 13.3. The molecule has 1 aromatic carbocycles. The van der Waals surface area contributed by atoms with Gasteiger partial charge in [-0.1, -0.05) is 44.2 Å². The summed E-state index contributed by atoms with van der Waals surface area (Å²) in [6, 6.07) is 9.75. The van der Waals surface area contributed by atoms with Crippen molar-refractivity contribution in [3.63, 3.8) is 0 Å². The largest absolute Gasteiger partial charge is 0.463 e. The summed E-state index contributed by atoms with van der Waals surface area (Å²) in [5.41, 5.74) is 1.01. The second-order valence-electron chi connectivity index (χ2n) is 5.00. The molecule has 0 amide bonds. The molecule has 0 heterocycles. The number of nitrogens with zero attached hydrogens (tertiary/aromatic N) is 1. The van der Waals surface area contributed by atoms with Crippen LogP contribution in [0.4, 0.5) is 0 Å². The Bertz CT molecular complexity index is 410. The number of carbonyl (C=O) groups excluding carboxylic acids is 1. The van der Waals surface area contributed by atoms with Crippen molar-refractivity contribution in [3.05, 3.63) is 42.0 Å². The maximum Gasteiger partial charge on any atom is 0.330 e. The summed E-state index contributed by atoms with van der Waals surface area (Å²) in [4.78, 5) is 13.9. The van der Waals surface area contributed by atoms with E-state index < -0.39 is 0 Å². The van der Waals surface area contributed by atoms with E-state index in [4.69, 9.17) is 4.74 Å². The Morgan fingerprint density at radius 2 is 1.81 bits per heavy atom. The number of unbranched alkanes of at least 4 members (excludes halogenated alkanes) is 2. The third-order valence-electron chi connectivity index (χ3n) is 3.47. The van der Waals surface area contributed by atoms with Gasteiger partial charge in [-0.05, 0) is 50.5 Å². The molecular weight excluding hydrogens is 262 g/mol. The smallest absolute Gasteiger partial charge is 0.330 e. The first-order valence-corrected chi connectivity index (χ1v) is 7.88. The molecule has 21 heavy (non-hydrogen) atoms. The molecule has 1 rings (SSSR count). The molecule has 0 radical (unpaired) electrons. The molecule has 0 fully saturated rings. The van der Waals surface area contributed by atoms with Gasteiger partial charge >= 0.3 is 5.97 Å². The fraction of sp³-hybridized carbons (Fsp3) is 0.500. The molecule has 0 spiro atoms. The number of carbonyl (C=O) groups is 1. The van der Waals surface area contributed by atoms with Crippen LogP contribution >= 0.6 is 0 Å². The Balaban J connectivity index is 2.07. The highest BCUT2D eigenvalue weighted by Gasteiger charge is 2.00. The summed E-state index contributed by atoms with van der Waals surface area (Å²) in [7, 11) is 0. The van der Waals surface area contributed by atoms with Crippen molar-refractivity contribution in [3.8, 4) is 0 Å². The van der Waals surface area contributed by atoms with Gasteiger partial charge in [-0.25, -0.2) is 4.79 Å². The first kappa shape index (κ1) is 17.4. The van der Waals surface area contributed by atoms with Crippen LogP contribution in [0.3, 0.4) is 0 Å². The van der Waals surface area contributed by atoms with Gasteiger partial charge in [0, 0.05) is 6.08 Å². The number of benzene rings is 1. The van der Waals surface area contributed by atoms with E-state index in [2.05, 4.69) is 18.7 Å². The van der Waals surface area contributed by atoms with Crippen LogP contribution in [0.1, 0.15) is 38.7 Å². The third-order valence-corrected chi connectivity index (χ3v) is 3.47. The molecule has 0 unspecified atom stereocenters. The van der Waals surface area contributed by atoms with Crippen LogP contribution in [0.15, 0.2) is 36.4 Å². The van der Waals surface area contributed by atoms with Gasteiger partial charge in [0.05, 0.1) is 6.61 Å². The van der Waals surface area contributed by atoms with Crippen LogP contribution < -0.4 is 0 Å².